The van der Waals surface area contributed by atoms with Crippen molar-refractivity contribution < 1.29 is 18.9 Å². The van der Waals surface area contributed by atoms with Crippen LogP contribution in [0.5, 0.6) is 23.0 Å². The smallest absolute Gasteiger partial charge is 0.161 e. The van der Waals surface area contributed by atoms with Crippen LogP contribution in [0.1, 0.15) is 11.1 Å². The third-order valence-corrected chi connectivity index (χ3v) is 3.69. The summed E-state index contributed by atoms with van der Waals surface area (Å²) in [6, 6.07) is 11.3. The van der Waals surface area contributed by atoms with Crippen molar-refractivity contribution in [2.24, 2.45) is 10.9 Å². The molecule has 0 amide bonds. The number of methoxy groups -OCH3 is 4. The second kappa shape index (κ2) is 8.10. The standard InChI is InChI=1S/C18H22N2O4/c1-21-15-7-5-12(10-17(15)23-3)9-14(20-19)13-6-8-16(22-2)18(11-13)24-4/h5-8,10-11H,9,19H2,1-4H3. The maximum atomic E-state index is 5.60. The van der Waals surface area contributed by atoms with Crippen LogP contribution in [-0.4, -0.2) is 34.2 Å². The van der Waals surface area contributed by atoms with Crippen molar-refractivity contribution in [3.8, 4) is 23.0 Å². The Bertz CT molecular complexity index is 729. The van der Waals surface area contributed by atoms with Crippen molar-refractivity contribution in [2.75, 3.05) is 28.4 Å². The molecule has 0 bridgehead atoms. The van der Waals surface area contributed by atoms with Crippen molar-refractivity contribution in [1.82, 2.24) is 0 Å². The number of nitrogens with two attached hydrogens (primary N) is 1. The monoisotopic (exact) mass is 330 g/mol. The predicted octanol–water partition coefficient (Wildman–Crippen LogP) is 2.63. The van der Waals surface area contributed by atoms with Gasteiger partial charge in [0.2, 0.25) is 0 Å². The number of hydrogen-bond donors (Lipinski definition) is 1. The summed E-state index contributed by atoms with van der Waals surface area (Å²) in [6.07, 6.45) is 0.548. The number of benzene rings is 2. The van der Waals surface area contributed by atoms with Crippen LogP contribution in [0.15, 0.2) is 41.5 Å². The van der Waals surface area contributed by atoms with E-state index in [-0.39, 0.29) is 0 Å². The van der Waals surface area contributed by atoms with Gasteiger partial charge in [0, 0.05) is 12.0 Å². The zero-order chi connectivity index (χ0) is 17.5. The van der Waals surface area contributed by atoms with Gasteiger partial charge < -0.3 is 24.8 Å². The SMILES string of the molecule is COc1ccc(CC(=NN)c2ccc(OC)c(OC)c2)cc1OC. The molecule has 0 aromatic heterocycles. The topological polar surface area (TPSA) is 75.3 Å². The molecule has 2 aromatic carbocycles. The summed E-state index contributed by atoms with van der Waals surface area (Å²) in [5.74, 6) is 8.23. The molecule has 0 heterocycles. The molecule has 0 saturated carbocycles. The molecule has 0 fully saturated rings. The molecule has 0 unspecified atom stereocenters. The molecule has 2 aromatic rings. The highest BCUT2D eigenvalue weighted by atomic mass is 16.5. The molecular weight excluding hydrogens is 308 g/mol. The zero-order valence-corrected chi connectivity index (χ0v) is 14.3. The van der Waals surface area contributed by atoms with Crippen LogP contribution in [0, 0.1) is 0 Å². The number of hydrazone groups is 1. The molecule has 6 heteroatoms. The van der Waals surface area contributed by atoms with E-state index in [0.29, 0.717) is 29.4 Å². The maximum absolute atomic E-state index is 5.60. The fourth-order valence-corrected chi connectivity index (χ4v) is 2.42. The fourth-order valence-electron chi connectivity index (χ4n) is 2.42. The minimum absolute atomic E-state index is 0.548. The second-order valence-electron chi connectivity index (χ2n) is 5.01. The van der Waals surface area contributed by atoms with Gasteiger partial charge in [-0.1, -0.05) is 6.07 Å². The highest BCUT2D eigenvalue weighted by molar-refractivity contribution is 6.02. The summed E-state index contributed by atoms with van der Waals surface area (Å²) >= 11 is 0. The lowest BCUT2D eigenvalue weighted by Crippen LogP contribution is -2.09. The van der Waals surface area contributed by atoms with E-state index in [4.69, 9.17) is 24.8 Å². The third kappa shape index (κ3) is 3.71. The Kier molecular flexibility index (Phi) is 5.89. The first-order valence-corrected chi connectivity index (χ1v) is 7.36. The van der Waals surface area contributed by atoms with Crippen LogP contribution >= 0.6 is 0 Å². The molecule has 0 aliphatic heterocycles. The normalized spacial score (nSPS) is 11.1. The zero-order valence-electron chi connectivity index (χ0n) is 14.3. The first kappa shape index (κ1) is 17.5. The van der Waals surface area contributed by atoms with Crippen LogP contribution in [0.4, 0.5) is 0 Å². The Hall–Kier alpha value is -2.89. The van der Waals surface area contributed by atoms with Gasteiger partial charge in [0.15, 0.2) is 23.0 Å². The highest BCUT2D eigenvalue weighted by Gasteiger charge is 2.12. The number of ether oxygens (including phenoxy) is 4. The fraction of sp³-hybridized carbons (Fsp3) is 0.278. The van der Waals surface area contributed by atoms with Gasteiger partial charge in [-0.05, 0) is 35.9 Å². The Morgan fingerprint density at radius 1 is 0.792 bits per heavy atom. The van der Waals surface area contributed by atoms with Gasteiger partial charge in [0.1, 0.15) is 0 Å². The van der Waals surface area contributed by atoms with E-state index in [2.05, 4.69) is 5.10 Å². The van der Waals surface area contributed by atoms with Crippen molar-refractivity contribution in [3.05, 3.63) is 47.5 Å². The van der Waals surface area contributed by atoms with Crippen LogP contribution in [0.25, 0.3) is 0 Å². The van der Waals surface area contributed by atoms with Crippen LogP contribution in [-0.2, 0) is 6.42 Å². The molecule has 0 saturated heterocycles. The molecule has 2 rings (SSSR count). The minimum Gasteiger partial charge on any atom is -0.493 e. The van der Waals surface area contributed by atoms with E-state index >= 15 is 0 Å². The number of nitrogens with zero attached hydrogens (tertiary/aromatic N) is 1. The molecule has 24 heavy (non-hydrogen) atoms. The minimum atomic E-state index is 0.548. The average Bonchev–Trinajstić information content (AvgIpc) is 2.65. The van der Waals surface area contributed by atoms with Gasteiger partial charge in [-0.3, -0.25) is 0 Å². The lowest BCUT2D eigenvalue weighted by Gasteiger charge is -2.12. The Balaban J connectivity index is 2.30. The van der Waals surface area contributed by atoms with E-state index in [9.17, 15) is 0 Å². The van der Waals surface area contributed by atoms with E-state index < -0.39 is 0 Å². The van der Waals surface area contributed by atoms with Crippen molar-refractivity contribution in [1.29, 1.82) is 0 Å². The molecule has 6 nitrogen and oxygen atoms in total. The van der Waals surface area contributed by atoms with Gasteiger partial charge in [-0.2, -0.15) is 5.10 Å². The van der Waals surface area contributed by atoms with Gasteiger partial charge in [0.25, 0.3) is 0 Å². The summed E-state index contributed by atoms with van der Waals surface area (Å²) in [5, 5.41) is 3.93. The largest absolute Gasteiger partial charge is 0.493 e. The number of hydrogen-bond acceptors (Lipinski definition) is 6. The Morgan fingerprint density at radius 2 is 1.33 bits per heavy atom. The quantitative estimate of drug-likeness (QED) is 0.480. The predicted molar refractivity (Wildman–Crippen MR) is 93.5 cm³/mol. The van der Waals surface area contributed by atoms with Crippen molar-refractivity contribution in [3.63, 3.8) is 0 Å². The Labute approximate surface area is 141 Å². The van der Waals surface area contributed by atoms with E-state index in [1.54, 1.807) is 28.4 Å². The van der Waals surface area contributed by atoms with Crippen molar-refractivity contribution >= 4 is 5.71 Å². The van der Waals surface area contributed by atoms with Crippen LogP contribution in [0.3, 0.4) is 0 Å². The summed E-state index contributed by atoms with van der Waals surface area (Å²) in [7, 11) is 6.40. The van der Waals surface area contributed by atoms with Gasteiger partial charge >= 0.3 is 0 Å². The summed E-state index contributed by atoms with van der Waals surface area (Å²) in [5.41, 5.74) is 2.60. The van der Waals surface area contributed by atoms with Crippen molar-refractivity contribution in [2.45, 2.75) is 6.42 Å². The van der Waals surface area contributed by atoms with Crippen LogP contribution in [0.2, 0.25) is 0 Å². The summed E-state index contributed by atoms with van der Waals surface area (Å²) in [4.78, 5) is 0. The number of rotatable bonds is 7. The van der Waals surface area contributed by atoms with E-state index in [0.717, 1.165) is 16.8 Å². The van der Waals surface area contributed by atoms with Crippen LogP contribution < -0.4 is 24.8 Å². The highest BCUT2D eigenvalue weighted by Crippen LogP contribution is 2.30. The summed E-state index contributed by atoms with van der Waals surface area (Å²) < 4.78 is 21.2. The molecule has 0 spiro atoms. The molecule has 0 aliphatic rings. The molecule has 0 atom stereocenters. The first-order chi connectivity index (χ1) is 11.7. The van der Waals surface area contributed by atoms with Gasteiger partial charge in [-0.15, -0.1) is 0 Å². The average molecular weight is 330 g/mol. The van der Waals surface area contributed by atoms with Gasteiger partial charge in [-0.25, -0.2) is 0 Å². The molecular formula is C18H22N2O4. The van der Waals surface area contributed by atoms with E-state index in [1.807, 2.05) is 36.4 Å². The Morgan fingerprint density at radius 3 is 1.88 bits per heavy atom. The molecule has 2 N–H and O–H groups in total. The lowest BCUT2D eigenvalue weighted by atomic mass is 10.0. The third-order valence-electron chi connectivity index (χ3n) is 3.69. The molecule has 0 radical (unpaired) electrons. The lowest BCUT2D eigenvalue weighted by molar-refractivity contribution is 0.354. The van der Waals surface area contributed by atoms with E-state index in [1.165, 1.54) is 0 Å². The second-order valence-corrected chi connectivity index (χ2v) is 5.01. The molecule has 0 aliphatic carbocycles. The van der Waals surface area contributed by atoms with Gasteiger partial charge in [0.05, 0.1) is 34.2 Å². The summed E-state index contributed by atoms with van der Waals surface area (Å²) in [6.45, 7) is 0. The molecule has 128 valence electrons. The first-order valence-electron chi connectivity index (χ1n) is 7.36. The maximum Gasteiger partial charge on any atom is 0.161 e.